The molecule has 2 fully saturated rings. The number of nitrogens with zero attached hydrogens (tertiary/aromatic N) is 1. The first kappa shape index (κ1) is 16.7. The van der Waals surface area contributed by atoms with Crippen LogP contribution in [0.1, 0.15) is 39.0 Å². The van der Waals surface area contributed by atoms with E-state index in [2.05, 4.69) is 0 Å². The largest absolute Gasteiger partial charge is 0.480 e. The average molecular weight is 339 g/mol. The van der Waals surface area contributed by atoms with Crippen LogP contribution in [-0.2, 0) is 24.7 Å². The lowest BCUT2D eigenvalue weighted by Gasteiger charge is -2.42. The van der Waals surface area contributed by atoms with Crippen LogP contribution in [0.15, 0.2) is 0 Å². The van der Waals surface area contributed by atoms with Gasteiger partial charge in [-0.2, -0.15) is 4.31 Å². The fraction of sp³-hybridized carbons (Fsp3) is 0.917. The normalized spacial score (nSPS) is 31.9. The minimum Gasteiger partial charge on any atom is -0.480 e. The van der Waals surface area contributed by atoms with Gasteiger partial charge in [0.2, 0.25) is 10.0 Å². The zero-order chi connectivity index (χ0) is 15.9. The summed E-state index contributed by atoms with van der Waals surface area (Å²) < 4.78 is 49.4. The monoisotopic (exact) mass is 339 g/mol. The zero-order valence-corrected chi connectivity index (χ0v) is 13.6. The Labute approximate surface area is 125 Å². The van der Waals surface area contributed by atoms with Gasteiger partial charge in [0.15, 0.2) is 0 Å². The van der Waals surface area contributed by atoms with E-state index in [1.54, 1.807) is 0 Å². The van der Waals surface area contributed by atoms with Crippen LogP contribution in [-0.4, -0.2) is 61.1 Å². The van der Waals surface area contributed by atoms with Gasteiger partial charge in [-0.1, -0.05) is 0 Å². The number of sulfone groups is 1. The lowest BCUT2D eigenvalue weighted by Crippen LogP contribution is -2.59. The molecule has 0 aliphatic carbocycles. The molecule has 0 aromatic carbocycles. The quantitative estimate of drug-likeness (QED) is 0.788. The highest BCUT2D eigenvalue weighted by molar-refractivity contribution is 7.92. The van der Waals surface area contributed by atoms with Crippen LogP contribution in [0.5, 0.6) is 0 Å². The molecule has 0 bridgehead atoms. The Balaban J connectivity index is 2.28. The second-order valence-electron chi connectivity index (χ2n) is 6.00. The molecule has 2 aliphatic rings. The molecule has 7 nitrogen and oxygen atoms in total. The number of aliphatic carboxylic acids is 1. The number of carboxylic acids is 1. The van der Waals surface area contributed by atoms with Crippen molar-refractivity contribution in [2.24, 2.45) is 0 Å². The van der Waals surface area contributed by atoms with Crippen molar-refractivity contribution in [3.63, 3.8) is 0 Å². The standard InChI is InChI=1S/C12H21NO6S2/c1-12(11(14)15)6-2-3-7-13(12)21(18,19)10-4-8-20(16,17)9-5-10/h10H,2-9H2,1H3,(H,14,15). The Morgan fingerprint density at radius 2 is 1.81 bits per heavy atom. The van der Waals surface area contributed by atoms with Crippen molar-refractivity contribution in [1.29, 1.82) is 0 Å². The van der Waals surface area contributed by atoms with E-state index in [0.717, 1.165) is 4.31 Å². The van der Waals surface area contributed by atoms with Crippen molar-refractivity contribution in [3.05, 3.63) is 0 Å². The lowest BCUT2D eigenvalue weighted by molar-refractivity contribution is -0.149. The van der Waals surface area contributed by atoms with E-state index in [4.69, 9.17) is 0 Å². The third-order valence-corrected chi connectivity index (χ3v) is 8.75. The number of hydrogen-bond donors (Lipinski definition) is 1. The summed E-state index contributed by atoms with van der Waals surface area (Å²) in [5.41, 5.74) is -1.42. The average Bonchev–Trinajstić information content (AvgIpc) is 2.38. The highest BCUT2D eigenvalue weighted by atomic mass is 32.2. The molecule has 2 saturated heterocycles. The molecule has 21 heavy (non-hydrogen) atoms. The van der Waals surface area contributed by atoms with Gasteiger partial charge in [-0.3, -0.25) is 4.79 Å². The lowest BCUT2D eigenvalue weighted by atomic mass is 9.91. The molecule has 0 aromatic rings. The minimum atomic E-state index is -3.80. The summed E-state index contributed by atoms with van der Waals surface area (Å²) in [7, 11) is -6.95. The minimum absolute atomic E-state index is 0.0524. The summed E-state index contributed by atoms with van der Waals surface area (Å²) in [5, 5.41) is 8.62. The maximum atomic E-state index is 12.7. The van der Waals surface area contributed by atoms with E-state index in [9.17, 15) is 26.7 Å². The Kier molecular flexibility index (Phi) is 4.38. The van der Waals surface area contributed by atoms with Gasteiger partial charge in [-0.25, -0.2) is 16.8 Å². The molecule has 2 heterocycles. The molecule has 0 radical (unpaired) electrons. The molecule has 0 amide bonds. The Hall–Kier alpha value is -0.670. The van der Waals surface area contributed by atoms with E-state index in [1.165, 1.54) is 6.92 Å². The van der Waals surface area contributed by atoms with Gasteiger partial charge in [0.1, 0.15) is 15.4 Å². The molecule has 1 N–H and O–H groups in total. The van der Waals surface area contributed by atoms with E-state index in [-0.39, 0.29) is 37.3 Å². The van der Waals surface area contributed by atoms with Gasteiger partial charge >= 0.3 is 5.97 Å². The zero-order valence-electron chi connectivity index (χ0n) is 12.0. The first-order valence-corrected chi connectivity index (χ1v) is 10.4. The Morgan fingerprint density at radius 1 is 1.24 bits per heavy atom. The van der Waals surface area contributed by atoms with Crippen LogP contribution in [0.3, 0.4) is 0 Å². The summed E-state index contributed by atoms with van der Waals surface area (Å²) in [4.78, 5) is 11.5. The van der Waals surface area contributed by atoms with Gasteiger partial charge in [-0.05, 0) is 39.0 Å². The molecule has 9 heteroatoms. The van der Waals surface area contributed by atoms with Gasteiger partial charge in [0.05, 0.1) is 16.8 Å². The molecule has 2 rings (SSSR count). The van der Waals surface area contributed by atoms with Gasteiger partial charge in [0.25, 0.3) is 0 Å². The topological polar surface area (TPSA) is 109 Å². The number of sulfonamides is 1. The van der Waals surface area contributed by atoms with Crippen molar-refractivity contribution in [2.45, 2.75) is 49.8 Å². The number of carbonyl (C=O) groups is 1. The van der Waals surface area contributed by atoms with E-state index < -0.39 is 36.6 Å². The molecule has 122 valence electrons. The second-order valence-corrected chi connectivity index (χ2v) is 10.4. The third-order valence-electron chi connectivity index (χ3n) is 4.52. The first-order valence-electron chi connectivity index (χ1n) is 7.05. The van der Waals surface area contributed by atoms with Crippen LogP contribution in [0.4, 0.5) is 0 Å². The van der Waals surface area contributed by atoms with Crippen LogP contribution < -0.4 is 0 Å². The summed E-state index contributed by atoms with van der Waals surface area (Å²) in [6.07, 6.45) is 1.70. The summed E-state index contributed by atoms with van der Waals surface area (Å²) >= 11 is 0. The molecule has 0 aromatic heterocycles. The molecule has 0 spiro atoms. The Morgan fingerprint density at radius 3 is 2.33 bits per heavy atom. The highest BCUT2D eigenvalue weighted by Gasteiger charge is 2.50. The number of rotatable bonds is 3. The molecule has 1 unspecified atom stereocenters. The van der Waals surface area contributed by atoms with Crippen molar-refractivity contribution >= 4 is 25.8 Å². The van der Waals surface area contributed by atoms with Gasteiger partial charge < -0.3 is 5.11 Å². The van der Waals surface area contributed by atoms with E-state index in [0.29, 0.717) is 12.8 Å². The fourth-order valence-electron chi connectivity index (χ4n) is 3.06. The first-order chi connectivity index (χ1) is 9.59. The van der Waals surface area contributed by atoms with Crippen LogP contribution in [0.25, 0.3) is 0 Å². The number of piperidine rings is 1. The SMILES string of the molecule is CC1(C(=O)O)CCCCN1S(=O)(=O)C1CCS(=O)(=O)CC1. The van der Waals surface area contributed by atoms with Crippen LogP contribution in [0, 0.1) is 0 Å². The van der Waals surface area contributed by atoms with Gasteiger partial charge in [0, 0.05) is 6.54 Å². The highest BCUT2D eigenvalue weighted by Crippen LogP contribution is 2.34. The summed E-state index contributed by atoms with van der Waals surface area (Å²) in [6, 6.07) is 0. The maximum absolute atomic E-state index is 12.7. The molecule has 2 aliphatic heterocycles. The molecule has 1 atom stereocenters. The summed E-state index contributed by atoms with van der Waals surface area (Å²) in [5.74, 6) is -1.43. The summed E-state index contributed by atoms with van der Waals surface area (Å²) in [6.45, 7) is 1.62. The predicted molar refractivity (Wildman–Crippen MR) is 77.2 cm³/mol. The number of hydrogen-bond acceptors (Lipinski definition) is 5. The Bertz CT molecular complexity index is 612. The van der Waals surface area contributed by atoms with Gasteiger partial charge in [-0.15, -0.1) is 0 Å². The predicted octanol–water partition coefficient (Wildman–Crippen LogP) is 0.223. The van der Waals surface area contributed by atoms with E-state index >= 15 is 0 Å². The van der Waals surface area contributed by atoms with Crippen molar-refractivity contribution in [2.75, 3.05) is 18.1 Å². The third kappa shape index (κ3) is 3.09. The van der Waals surface area contributed by atoms with Crippen LogP contribution >= 0.6 is 0 Å². The second kappa shape index (κ2) is 5.51. The molecule has 0 saturated carbocycles. The maximum Gasteiger partial charge on any atom is 0.324 e. The molecular weight excluding hydrogens is 318 g/mol. The molecular formula is C12H21NO6S2. The van der Waals surface area contributed by atoms with Crippen molar-refractivity contribution in [3.8, 4) is 0 Å². The van der Waals surface area contributed by atoms with Crippen molar-refractivity contribution in [1.82, 2.24) is 4.31 Å². The van der Waals surface area contributed by atoms with Crippen molar-refractivity contribution < 1.29 is 26.7 Å². The van der Waals surface area contributed by atoms with Crippen LogP contribution in [0.2, 0.25) is 0 Å². The fourth-order valence-corrected chi connectivity index (χ4v) is 7.16. The smallest absolute Gasteiger partial charge is 0.324 e. The number of carboxylic acid groups (broad SMARTS) is 1. The van der Waals surface area contributed by atoms with E-state index in [1.807, 2.05) is 0 Å².